The van der Waals surface area contributed by atoms with Crippen LogP contribution in [0, 0.1) is 0 Å². The molecule has 0 aliphatic rings. The van der Waals surface area contributed by atoms with Gasteiger partial charge in [0.05, 0.1) is 5.69 Å². The second-order valence-corrected chi connectivity index (χ2v) is 3.49. The summed E-state index contributed by atoms with van der Waals surface area (Å²) in [7, 11) is 0. The van der Waals surface area contributed by atoms with E-state index in [1.165, 1.54) is 0 Å². The highest BCUT2D eigenvalue weighted by atomic mass is 16.5. The Morgan fingerprint density at radius 1 is 1.06 bits per heavy atom. The zero-order valence-electron chi connectivity index (χ0n) is 8.76. The standard InChI is InChI=1S/C13H13NO2/c14-12-7-6-10(8-13(12)15)9-16-11-4-2-1-3-5-11/h1-8,15H,9,14H2. The zero-order valence-corrected chi connectivity index (χ0v) is 8.76. The van der Waals surface area contributed by atoms with Gasteiger partial charge in [-0.25, -0.2) is 0 Å². The fourth-order valence-electron chi connectivity index (χ4n) is 1.36. The lowest BCUT2D eigenvalue weighted by molar-refractivity contribution is 0.305. The normalized spacial score (nSPS) is 10.0. The van der Waals surface area contributed by atoms with E-state index in [0.29, 0.717) is 12.3 Å². The minimum absolute atomic E-state index is 0.0918. The van der Waals surface area contributed by atoms with E-state index in [0.717, 1.165) is 11.3 Å². The number of para-hydroxylation sites is 1. The molecule has 0 unspecified atom stereocenters. The van der Waals surface area contributed by atoms with E-state index in [1.54, 1.807) is 12.1 Å². The molecule has 2 rings (SSSR count). The number of rotatable bonds is 3. The fourth-order valence-corrected chi connectivity index (χ4v) is 1.36. The molecule has 3 N–H and O–H groups in total. The molecule has 0 saturated carbocycles. The molecular formula is C13H13NO2. The van der Waals surface area contributed by atoms with Gasteiger partial charge in [-0.05, 0) is 29.8 Å². The van der Waals surface area contributed by atoms with Gasteiger partial charge in [-0.15, -0.1) is 0 Å². The molecule has 0 atom stereocenters. The molecule has 16 heavy (non-hydrogen) atoms. The Balaban J connectivity index is 2.03. The largest absolute Gasteiger partial charge is 0.506 e. The molecule has 3 heteroatoms. The molecular weight excluding hydrogens is 202 g/mol. The van der Waals surface area contributed by atoms with E-state index in [9.17, 15) is 5.11 Å². The van der Waals surface area contributed by atoms with Crippen LogP contribution in [-0.4, -0.2) is 5.11 Å². The molecule has 3 nitrogen and oxygen atoms in total. The van der Waals surface area contributed by atoms with Crippen molar-refractivity contribution in [3.63, 3.8) is 0 Å². The first-order chi connectivity index (χ1) is 7.75. The van der Waals surface area contributed by atoms with Crippen LogP contribution in [-0.2, 0) is 6.61 Å². The van der Waals surface area contributed by atoms with Crippen LogP contribution >= 0.6 is 0 Å². The first-order valence-corrected chi connectivity index (χ1v) is 5.01. The number of aromatic hydroxyl groups is 1. The number of phenolic OH excluding ortho intramolecular Hbond substituents is 1. The average molecular weight is 215 g/mol. The predicted octanol–water partition coefficient (Wildman–Crippen LogP) is 2.55. The summed E-state index contributed by atoms with van der Waals surface area (Å²) in [5, 5.41) is 9.42. The van der Waals surface area contributed by atoms with Gasteiger partial charge in [0.1, 0.15) is 18.1 Å². The molecule has 0 radical (unpaired) electrons. The molecule has 0 saturated heterocycles. The smallest absolute Gasteiger partial charge is 0.138 e. The number of nitrogen functional groups attached to an aromatic ring is 1. The first kappa shape index (κ1) is 10.4. The highest BCUT2D eigenvalue weighted by molar-refractivity contribution is 5.52. The summed E-state index contributed by atoms with van der Waals surface area (Å²) in [6.45, 7) is 0.415. The Hall–Kier alpha value is -2.16. The van der Waals surface area contributed by atoms with E-state index in [-0.39, 0.29) is 5.75 Å². The van der Waals surface area contributed by atoms with Gasteiger partial charge in [-0.1, -0.05) is 24.3 Å². The molecule has 0 amide bonds. The van der Waals surface area contributed by atoms with Crippen molar-refractivity contribution in [2.24, 2.45) is 0 Å². The van der Waals surface area contributed by atoms with Gasteiger partial charge in [-0.3, -0.25) is 0 Å². The molecule has 82 valence electrons. The lowest BCUT2D eigenvalue weighted by atomic mass is 10.2. The zero-order chi connectivity index (χ0) is 11.4. The van der Waals surface area contributed by atoms with Crippen LogP contribution < -0.4 is 10.5 Å². The number of benzene rings is 2. The van der Waals surface area contributed by atoms with Crippen molar-refractivity contribution < 1.29 is 9.84 Å². The molecule has 0 aromatic heterocycles. The van der Waals surface area contributed by atoms with Gasteiger partial charge in [0, 0.05) is 0 Å². The Labute approximate surface area is 94.1 Å². The van der Waals surface area contributed by atoms with E-state index in [1.807, 2.05) is 36.4 Å². The van der Waals surface area contributed by atoms with Crippen LogP contribution in [0.3, 0.4) is 0 Å². The summed E-state index contributed by atoms with van der Waals surface area (Å²) >= 11 is 0. The monoisotopic (exact) mass is 215 g/mol. The van der Waals surface area contributed by atoms with Crippen LogP contribution in [0.15, 0.2) is 48.5 Å². The van der Waals surface area contributed by atoms with Crippen molar-refractivity contribution in [2.75, 3.05) is 5.73 Å². The maximum atomic E-state index is 9.42. The lowest BCUT2D eigenvalue weighted by Crippen LogP contribution is -1.96. The van der Waals surface area contributed by atoms with Gasteiger partial charge in [0.15, 0.2) is 0 Å². The molecule has 2 aromatic carbocycles. The van der Waals surface area contributed by atoms with Gasteiger partial charge in [-0.2, -0.15) is 0 Å². The molecule has 0 bridgehead atoms. The summed E-state index contributed by atoms with van der Waals surface area (Å²) < 4.78 is 5.53. The van der Waals surface area contributed by atoms with Crippen LogP contribution in [0.5, 0.6) is 11.5 Å². The molecule has 2 aromatic rings. The molecule has 0 aliphatic heterocycles. The molecule has 0 aliphatic carbocycles. The van der Waals surface area contributed by atoms with Crippen LogP contribution in [0.25, 0.3) is 0 Å². The average Bonchev–Trinajstić information content (AvgIpc) is 2.32. The highest BCUT2D eigenvalue weighted by Crippen LogP contribution is 2.21. The quantitative estimate of drug-likeness (QED) is 0.611. The second kappa shape index (κ2) is 4.57. The predicted molar refractivity (Wildman–Crippen MR) is 63.3 cm³/mol. The third kappa shape index (κ3) is 2.45. The van der Waals surface area contributed by atoms with E-state index >= 15 is 0 Å². The maximum Gasteiger partial charge on any atom is 0.138 e. The van der Waals surface area contributed by atoms with Crippen molar-refractivity contribution >= 4 is 5.69 Å². The van der Waals surface area contributed by atoms with Gasteiger partial charge < -0.3 is 15.6 Å². The Morgan fingerprint density at radius 3 is 2.50 bits per heavy atom. The molecule has 0 spiro atoms. The summed E-state index contributed by atoms with van der Waals surface area (Å²) in [5.41, 5.74) is 6.77. The van der Waals surface area contributed by atoms with Gasteiger partial charge in [0.2, 0.25) is 0 Å². The van der Waals surface area contributed by atoms with Crippen molar-refractivity contribution in [3.05, 3.63) is 54.1 Å². The number of ether oxygens (including phenoxy) is 1. The lowest BCUT2D eigenvalue weighted by Gasteiger charge is -2.07. The first-order valence-electron chi connectivity index (χ1n) is 5.01. The minimum atomic E-state index is 0.0918. The van der Waals surface area contributed by atoms with Crippen molar-refractivity contribution in [1.29, 1.82) is 0 Å². The van der Waals surface area contributed by atoms with E-state index in [4.69, 9.17) is 10.5 Å². The van der Waals surface area contributed by atoms with Crippen molar-refractivity contribution in [2.45, 2.75) is 6.61 Å². The molecule has 0 fully saturated rings. The fraction of sp³-hybridized carbons (Fsp3) is 0.0769. The summed E-state index contributed by atoms with van der Waals surface area (Å²) in [6.07, 6.45) is 0. The SMILES string of the molecule is Nc1ccc(COc2ccccc2)cc1O. The van der Waals surface area contributed by atoms with Crippen LogP contribution in [0.4, 0.5) is 5.69 Å². The highest BCUT2D eigenvalue weighted by Gasteiger charge is 1.99. The summed E-state index contributed by atoms with van der Waals surface area (Å²) in [6, 6.07) is 14.6. The van der Waals surface area contributed by atoms with E-state index in [2.05, 4.69) is 0 Å². The number of anilines is 1. The summed E-state index contributed by atoms with van der Waals surface area (Å²) in [4.78, 5) is 0. The minimum Gasteiger partial charge on any atom is -0.506 e. The number of nitrogens with two attached hydrogens (primary N) is 1. The second-order valence-electron chi connectivity index (χ2n) is 3.49. The van der Waals surface area contributed by atoms with Gasteiger partial charge >= 0.3 is 0 Å². The Kier molecular flexibility index (Phi) is 2.96. The number of hydrogen-bond acceptors (Lipinski definition) is 3. The van der Waals surface area contributed by atoms with Crippen LogP contribution in [0.2, 0.25) is 0 Å². The maximum absolute atomic E-state index is 9.42. The van der Waals surface area contributed by atoms with Crippen molar-refractivity contribution in [1.82, 2.24) is 0 Å². The topological polar surface area (TPSA) is 55.5 Å². The summed E-state index contributed by atoms with van der Waals surface area (Å²) in [5.74, 6) is 0.896. The Bertz CT molecular complexity index is 469. The third-order valence-electron chi connectivity index (χ3n) is 2.24. The van der Waals surface area contributed by atoms with Crippen LogP contribution in [0.1, 0.15) is 5.56 Å². The number of hydrogen-bond donors (Lipinski definition) is 2. The Morgan fingerprint density at radius 2 is 1.81 bits per heavy atom. The third-order valence-corrected chi connectivity index (χ3v) is 2.24. The van der Waals surface area contributed by atoms with Gasteiger partial charge in [0.25, 0.3) is 0 Å². The van der Waals surface area contributed by atoms with Crippen molar-refractivity contribution in [3.8, 4) is 11.5 Å². The molecule has 0 heterocycles. The van der Waals surface area contributed by atoms with E-state index < -0.39 is 0 Å². The number of phenols is 1.